The fourth-order valence-electron chi connectivity index (χ4n) is 1.25. The molecule has 0 aliphatic heterocycles. The van der Waals surface area contributed by atoms with Crippen LogP contribution in [0, 0.1) is 11.3 Å². The molecule has 2 nitrogen and oxygen atoms in total. The number of hydrogen-bond acceptors (Lipinski definition) is 2. The lowest BCUT2D eigenvalue weighted by Gasteiger charge is -2.01. The number of nitrogens with one attached hydrogen (secondary N) is 1. The summed E-state index contributed by atoms with van der Waals surface area (Å²) in [5, 5.41) is 12.0. The van der Waals surface area contributed by atoms with Crippen molar-refractivity contribution in [2.75, 3.05) is 0 Å². The summed E-state index contributed by atoms with van der Waals surface area (Å²) in [4.78, 5) is 0. The van der Waals surface area contributed by atoms with Crippen molar-refractivity contribution in [1.82, 2.24) is 5.32 Å². The summed E-state index contributed by atoms with van der Waals surface area (Å²) in [7, 11) is 0. The van der Waals surface area contributed by atoms with E-state index in [0.29, 0.717) is 0 Å². The topological polar surface area (TPSA) is 35.8 Å². The lowest BCUT2D eigenvalue weighted by molar-refractivity contribution is 0.688. The van der Waals surface area contributed by atoms with E-state index in [9.17, 15) is 0 Å². The Morgan fingerprint density at radius 1 is 1.31 bits per heavy atom. The maximum absolute atomic E-state index is 8.59. The second kappa shape index (κ2) is 3.59. The van der Waals surface area contributed by atoms with Gasteiger partial charge in [0.1, 0.15) is 0 Å². The Morgan fingerprint density at radius 2 is 2.00 bits per heavy atom. The molecule has 1 N–H and O–H groups in total. The molecule has 1 aliphatic carbocycles. The third kappa shape index (κ3) is 2.30. The average Bonchev–Trinajstić information content (AvgIpc) is 2.99. The monoisotopic (exact) mass is 172 g/mol. The van der Waals surface area contributed by atoms with Gasteiger partial charge in [-0.2, -0.15) is 5.26 Å². The first-order chi connectivity index (χ1) is 6.38. The summed E-state index contributed by atoms with van der Waals surface area (Å²) in [5.41, 5.74) is 1.99. The van der Waals surface area contributed by atoms with E-state index in [4.69, 9.17) is 5.26 Å². The molecule has 2 heteroatoms. The molecule has 0 heterocycles. The highest BCUT2D eigenvalue weighted by Crippen LogP contribution is 2.19. The van der Waals surface area contributed by atoms with E-state index in [-0.39, 0.29) is 0 Å². The van der Waals surface area contributed by atoms with Crippen LogP contribution in [-0.4, -0.2) is 6.04 Å². The molecule has 1 aromatic rings. The molecule has 0 spiro atoms. The van der Waals surface area contributed by atoms with Gasteiger partial charge in [-0.05, 0) is 30.5 Å². The zero-order valence-electron chi connectivity index (χ0n) is 7.46. The van der Waals surface area contributed by atoms with Gasteiger partial charge in [-0.1, -0.05) is 12.1 Å². The van der Waals surface area contributed by atoms with Crippen LogP contribution in [0.1, 0.15) is 24.0 Å². The summed E-state index contributed by atoms with van der Waals surface area (Å²) in [6.45, 7) is 0.927. The minimum Gasteiger partial charge on any atom is -0.310 e. The molecule has 0 amide bonds. The van der Waals surface area contributed by atoms with Crippen LogP contribution in [0.5, 0.6) is 0 Å². The average molecular weight is 172 g/mol. The molecule has 1 aromatic carbocycles. The van der Waals surface area contributed by atoms with Gasteiger partial charge < -0.3 is 5.32 Å². The van der Waals surface area contributed by atoms with E-state index < -0.39 is 0 Å². The lowest BCUT2D eigenvalue weighted by atomic mass is 10.1. The molecule has 2 rings (SSSR count). The van der Waals surface area contributed by atoms with Crippen LogP contribution in [0.4, 0.5) is 0 Å². The van der Waals surface area contributed by atoms with Crippen molar-refractivity contribution in [3.8, 4) is 6.07 Å². The van der Waals surface area contributed by atoms with Crippen molar-refractivity contribution in [2.45, 2.75) is 25.4 Å². The molecule has 0 radical (unpaired) electrons. The number of benzene rings is 1. The summed E-state index contributed by atoms with van der Waals surface area (Å²) in [6, 6.07) is 10.6. The Hall–Kier alpha value is -1.33. The minimum atomic E-state index is 0.732. The van der Waals surface area contributed by atoms with Gasteiger partial charge in [0.25, 0.3) is 0 Å². The molecule has 66 valence electrons. The van der Waals surface area contributed by atoms with E-state index in [2.05, 4.69) is 11.4 Å². The molecule has 1 aliphatic rings. The summed E-state index contributed by atoms with van der Waals surface area (Å²) in [5.74, 6) is 0. The summed E-state index contributed by atoms with van der Waals surface area (Å²) < 4.78 is 0. The van der Waals surface area contributed by atoms with Crippen molar-refractivity contribution >= 4 is 0 Å². The van der Waals surface area contributed by atoms with Gasteiger partial charge in [0, 0.05) is 12.6 Å². The third-order valence-electron chi connectivity index (χ3n) is 2.26. The normalized spacial score (nSPS) is 15.3. The predicted molar refractivity (Wildman–Crippen MR) is 51.0 cm³/mol. The standard InChI is InChI=1S/C11H12N2/c12-7-9-1-3-10(4-2-9)8-13-11-5-6-11/h1-4,11,13H,5-6,8H2. The quantitative estimate of drug-likeness (QED) is 0.754. The van der Waals surface area contributed by atoms with E-state index in [1.807, 2.05) is 24.3 Å². The number of nitrogens with zero attached hydrogens (tertiary/aromatic N) is 1. The molecule has 1 saturated carbocycles. The van der Waals surface area contributed by atoms with Gasteiger partial charge >= 0.3 is 0 Å². The van der Waals surface area contributed by atoms with Gasteiger partial charge in [-0.15, -0.1) is 0 Å². The smallest absolute Gasteiger partial charge is 0.0991 e. The van der Waals surface area contributed by atoms with Gasteiger partial charge in [0.05, 0.1) is 11.6 Å². The highest BCUT2D eigenvalue weighted by Gasteiger charge is 2.19. The van der Waals surface area contributed by atoms with Crippen LogP contribution in [0.3, 0.4) is 0 Å². The molecule has 0 saturated heterocycles. The van der Waals surface area contributed by atoms with E-state index in [0.717, 1.165) is 18.2 Å². The fourth-order valence-corrected chi connectivity index (χ4v) is 1.25. The molecule has 1 fully saturated rings. The van der Waals surface area contributed by atoms with Crippen LogP contribution in [0.15, 0.2) is 24.3 Å². The largest absolute Gasteiger partial charge is 0.310 e. The predicted octanol–water partition coefficient (Wildman–Crippen LogP) is 1.81. The molecule has 0 atom stereocenters. The van der Waals surface area contributed by atoms with Crippen molar-refractivity contribution in [2.24, 2.45) is 0 Å². The first-order valence-corrected chi connectivity index (χ1v) is 4.61. The van der Waals surface area contributed by atoms with Gasteiger partial charge in [-0.3, -0.25) is 0 Å². The van der Waals surface area contributed by atoms with Crippen molar-refractivity contribution in [3.63, 3.8) is 0 Å². The Labute approximate surface area is 78.2 Å². The minimum absolute atomic E-state index is 0.732. The van der Waals surface area contributed by atoms with E-state index in [1.165, 1.54) is 18.4 Å². The Balaban J connectivity index is 1.93. The summed E-state index contributed by atoms with van der Waals surface area (Å²) in [6.07, 6.45) is 2.63. The number of rotatable bonds is 3. The highest BCUT2D eigenvalue weighted by molar-refractivity contribution is 5.31. The maximum Gasteiger partial charge on any atom is 0.0991 e. The van der Waals surface area contributed by atoms with Crippen LogP contribution in [-0.2, 0) is 6.54 Å². The molecular formula is C11H12N2. The third-order valence-corrected chi connectivity index (χ3v) is 2.26. The molecule has 0 aromatic heterocycles. The van der Waals surface area contributed by atoms with Crippen LogP contribution in [0.2, 0.25) is 0 Å². The second-order valence-electron chi connectivity index (χ2n) is 3.46. The van der Waals surface area contributed by atoms with E-state index in [1.54, 1.807) is 0 Å². The molecular weight excluding hydrogens is 160 g/mol. The van der Waals surface area contributed by atoms with Crippen LogP contribution in [0.25, 0.3) is 0 Å². The SMILES string of the molecule is N#Cc1ccc(CNC2CC2)cc1. The second-order valence-corrected chi connectivity index (χ2v) is 3.46. The Bertz CT molecular complexity index is 317. The zero-order valence-corrected chi connectivity index (χ0v) is 7.46. The van der Waals surface area contributed by atoms with Crippen molar-refractivity contribution < 1.29 is 0 Å². The first-order valence-electron chi connectivity index (χ1n) is 4.61. The van der Waals surface area contributed by atoms with Gasteiger partial charge in [-0.25, -0.2) is 0 Å². The molecule has 0 unspecified atom stereocenters. The Morgan fingerprint density at radius 3 is 2.54 bits per heavy atom. The highest BCUT2D eigenvalue weighted by atomic mass is 14.9. The Kier molecular flexibility index (Phi) is 2.29. The molecule has 13 heavy (non-hydrogen) atoms. The zero-order chi connectivity index (χ0) is 9.10. The number of nitriles is 1. The van der Waals surface area contributed by atoms with Crippen LogP contribution >= 0.6 is 0 Å². The van der Waals surface area contributed by atoms with Crippen LogP contribution < -0.4 is 5.32 Å². The molecule has 0 bridgehead atoms. The summed E-state index contributed by atoms with van der Waals surface area (Å²) >= 11 is 0. The van der Waals surface area contributed by atoms with Gasteiger partial charge in [0.2, 0.25) is 0 Å². The lowest BCUT2D eigenvalue weighted by Crippen LogP contribution is -2.15. The van der Waals surface area contributed by atoms with Crippen molar-refractivity contribution in [3.05, 3.63) is 35.4 Å². The van der Waals surface area contributed by atoms with Crippen molar-refractivity contribution in [1.29, 1.82) is 5.26 Å². The number of hydrogen-bond donors (Lipinski definition) is 1. The maximum atomic E-state index is 8.59. The first kappa shape index (κ1) is 8.28. The van der Waals surface area contributed by atoms with Gasteiger partial charge in [0.15, 0.2) is 0 Å². The fraction of sp³-hybridized carbons (Fsp3) is 0.364. The van der Waals surface area contributed by atoms with E-state index >= 15 is 0 Å².